The van der Waals surface area contributed by atoms with Crippen LogP contribution in [-0.4, -0.2) is 41.2 Å². The molecule has 0 spiro atoms. The lowest BCUT2D eigenvalue weighted by Crippen LogP contribution is -2.10. The predicted octanol–water partition coefficient (Wildman–Crippen LogP) is 4.91. The summed E-state index contributed by atoms with van der Waals surface area (Å²) in [5.74, 6) is -2.68. The smallest absolute Gasteiger partial charge is 0.387 e. The second-order valence-electron chi connectivity index (χ2n) is 5.88. The van der Waals surface area contributed by atoms with Gasteiger partial charge >= 0.3 is 19.2 Å². The summed E-state index contributed by atoms with van der Waals surface area (Å²) in [5, 5.41) is 13.8. The molecule has 0 amide bonds. The van der Waals surface area contributed by atoms with Crippen LogP contribution in [-0.2, 0) is 7.05 Å². The molecule has 3 aromatic rings. The topological polar surface area (TPSA) is 82.8 Å². The molecule has 1 N–H and O–H groups in total. The Morgan fingerprint density at radius 2 is 1.67 bits per heavy atom. The third kappa shape index (κ3) is 4.13. The first kappa shape index (κ1) is 21.7. The molecule has 0 fully saturated rings. The van der Waals surface area contributed by atoms with Gasteiger partial charge in [-0.25, -0.2) is 4.79 Å². The van der Waals surface area contributed by atoms with Crippen LogP contribution in [0.3, 0.4) is 0 Å². The Balaban J connectivity index is 2.34. The van der Waals surface area contributed by atoms with Crippen LogP contribution in [0.25, 0.3) is 22.2 Å². The van der Waals surface area contributed by atoms with Crippen LogP contribution in [0.5, 0.6) is 17.2 Å². The van der Waals surface area contributed by atoms with Crippen LogP contribution in [0.1, 0.15) is 10.4 Å². The van der Waals surface area contributed by atoms with Gasteiger partial charge in [0.05, 0.1) is 23.7 Å². The van der Waals surface area contributed by atoms with Gasteiger partial charge in [0.25, 0.3) is 0 Å². The van der Waals surface area contributed by atoms with Crippen molar-refractivity contribution in [2.75, 3.05) is 7.11 Å². The van der Waals surface area contributed by atoms with Crippen LogP contribution < -0.4 is 14.2 Å². The first-order valence-electron chi connectivity index (χ1n) is 8.14. The van der Waals surface area contributed by atoms with Crippen LogP contribution >= 0.6 is 15.9 Å². The number of ether oxygens (including phenoxy) is 3. The Morgan fingerprint density at radius 3 is 2.23 bits per heavy atom. The number of rotatable bonds is 7. The molecule has 1 heterocycles. The van der Waals surface area contributed by atoms with Crippen molar-refractivity contribution in [2.45, 2.75) is 13.2 Å². The van der Waals surface area contributed by atoms with Crippen molar-refractivity contribution in [3.63, 3.8) is 0 Å². The molecule has 1 aromatic heterocycles. The first-order chi connectivity index (χ1) is 14.1. The number of hydrogen-bond acceptors (Lipinski definition) is 5. The molecule has 3 rings (SSSR count). The Kier molecular flexibility index (Phi) is 6.06. The zero-order valence-electron chi connectivity index (χ0n) is 15.3. The maximum atomic E-state index is 12.9. The molecule has 30 heavy (non-hydrogen) atoms. The van der Waals surface area contributed by atoms with E-state index in [2.05, 4.69) is 30.5 Å². The number of benzene rings is 2. The molecular formula is C18H13BrF4N2O5. The summed E-state index contributed by atoms with van der Waals surface area (Å²) in [6.45, 7) is -6.43. The van der Waals surface area contributed by atoms with Crippen molar-refractivity contribution in [1.29, 1.82) is 0 Å². The number of carbonyl (C=O) groups is 1. The Labute approximate surface area is 174 Å². The molecule has 0 unspecified atom stereocenters. The normalized spacial score (nSPS) is 11.4. The van der Waals surface area contributed by atoms with Gasteiger partial charge < -0.3 is 19.3 Å². The third-order valence-electron chi connectivity index (χ3n) is 4.07. The molecule has 2 aromatic carbocycles. The van der Waals surface area contributed by atoms with E-state index in [1.165, 1.54) is 23.9 Å². The van der Waals surface area contributed by atoms with Crippen molar-refractivity contribution >= 4 is 32.8 Å². The number of nitrogens with zero attached hydrogens (tertiary/aromatic N) is 2. The highest BCUT2D eigenvalue weighted by Crippen LogP contribution is 2.42. The number of fused-ring (bicyclic) bond motifs is 1. The molecule has 0 radical (unpaired) electrons. The Hall–Kier alpha value is -3.02. The van der Waals surface area contributed by atoms with E-state index in [0.29, 0.717) is 4.47 Å². The van der Waals surface area contributed by atoms with Gasteiger partial charge in [-0.2, -0.15) is 22.7 Å². The number of carboxylic acids is 1. The van der Waals surface area contributed by atoms with Crippen molar-refractivity contribution < 1.29 is 41.7 Å². The number of aryl methyl sites for hydroxylation is 1. The number of halogens is 5. The summed E-state index contributed by atoms with van der Waals surface area (Å²) in [6.07, 6.45) is 0. The van der Waals surface area contributed by atoms with E-state index in [1.54, 1.807) is 6.07 Å². The Morgan fingerprint density at radius 1 is 1.07 bits per heavy atom. The fourth-order valence-electron chi connectivity index (χ4n) is 3.07. The van der Waals surface area contributed by atoms with Gasteiger partial charge in [0.15, 0.2) is 0 Å². The van der Waals surface area contributed by atoms with Gasteiger partial charge in [-0.05, 0) is 24.3 Å². The largest absolute Gasteiger partial charge is 0.496 e. The number of aromatic nitrogens is 2. The van der Waals surface area contributed by atoms with E-state index < -0.39 is 30.5 Å². The highest BCUT2D eigenvalue weighted by molar-refractivity contribution is 9.10. The van der Waals surface area contributed by atoms with Crippen LogP contribution in [0.2, 0.25) is 0 Å². The summed E-state index contributed by atoms with van der Waals surface area (Å²) in [6, 6.07) is 5.16. The molecule has 0 aliphatic heterocycles. The first-order valence-corrected chi connectivity index (χ1v) is 8.93. The lowest BCUT2D eigenvalue weighted by molar-refractivity contribution is -0.0507. The van der Waals surface area contributed by atoms with Crippen LogP contribution in [0.4, 0.5) is 17.6 Å². The van der Waals surface area contributed by atoms with Crippen molar-refractivity contribution in [3.05, 3.63) is 34.3 Å². The number of methoxy groups -OCH3 is 1. The van der Waals surface area contributed by atoms with E-state index in [9.17, 15) is 27.5 Å². The minimum Gasteiger partial charge on any atom is -0.496 e. The van der Waals surface area contributed by atoms with E-state index in [0.717, 1.165) is 13.2 Å². The fourth-order valence-corrected chi connectivity index (χ4v) is 3.49. The van der Waals surface area contributed by atoms with Gasteiger partial charge in [-0.1, -0.05) is 15.9 Å². The number of hydrogen-bond donors (Lipinski definition) is 1. The van der Waals surface area contributed by atoms with Gasteiger partial charge in [-0.15, -0.1) is 0 Å². The van der Waals surface area contributed by atoms with E-state index in [-0.39, 0.29) is 33.7 Å². The summed E-state index contributed by atoms with van der Waals surface area (Å²) in [7, 11) is 2.65. The summed E-state index contributed by atoms with van der Waals surface area (Å²) in [5.41, 5.74) is -0.00334. The van der Waals surface area contributed by atoms with Crippen molar-refractivity contribution in [2.24, 2.45) is 7.05 Å². The maximum absolute atomic E-state index is 12.9. The van der Waals surface area contributed by atoms with Crippen LogP contribution in [0, 0.1) is 0 Å². The highest BCUT2D eigenvalue weighted by Gasteiger charge is 2.25. The van der Waals surface area contributed by atoms with Gasteiger partial charge in [0, 0.05) is 17.1 Å². The van der Waals surface area contributed by atoms with E-state index >= 15 is 0 Å². The zero-order chi connectivity index (χ0) is 22.2. The molecule has 0 bridgehead atoms. The molecular weight excluding hydrogens is 480 g/mol. The van der Waals surface area contributed by atoms with E-state index in [1.807, 2.05) is 0 Å². The second kappa shape index (κ2) is 8.38. The summed E-state index contributed by atoms with van der Waals surface area (Å²) < 4.78 is 67.4. The maximum Gasteiger partial charge on any atom is 0.387 e. The molecule has 160 valence electrons. The lowest BCUT2D eigenvalue weighted by Gasteiger charge is -2.15. The minimum atomic E-state index is -3.31. The molecule has 0 atom stereocenters. The average Bonchev–Trinajstić information content (AvgIpc) is 2.95. The summed E-state index contributed by atoms with van der Waals surface area (Å²) >= 11 is 3.19. The number of aromatic carboxylic acids is 1. The van der Waals surface area contributed by atoms with Crippen molar-refractivity contribution in [1.82, 2.24) is 9.78 Å². The lowest BCUT2D eigenvalue weighted by atomic mass is 10.0. The number of carboxylic acid groups (broad SMARTS) is 1. The molecule has 0 aliphatic carbocycles. The molecule has 12 heteroatoms. The average molecular weight is 493 g/mol. The van der Waals surface area contributed by atoms with Crippen molar-refractivity contribution in [3.8, 4) is 28.5 Å². The monoisotopic (exact) mass is 492 g/mol. The zero-order valence-corrected chi connectivity index (χ0v) is 16.9. The highest BCUT2D eigenvalue weighted by atomic mass is 79.9. The fraction of sp³-hybridized carbons (Fsp3) is 0.222. The SMILES string of the molecule is COc1cc(-c2c3c(OC(F)F)cc(Br)cc3nn2C)cc(OC(F)F)c1C(=O)O. The minimum absolute atomic E-state index is 0.138. The Bertz CT molecular complexity index is 1120. The predicted molar refractivity (Wildman–Crippen MR) is 101 cm³/mol. The standard InChI is InChI=1S/C18H13BrF4N2O5/c1-25-15(13-9(24-25)5-8(19)6-12(13)30-18(22)23)7-3-10(28-2)14(16(26)27)11(4-7)29-17(20)21/h3-6,17-18H,1-2H3,(H,26,27). The molecule has 0 saturated carbocycles. The third-order valence-corrected chi connectivity index (χ3v) is 4.53. The summed E-state index contributed by atoms with van der Waals surface area (Å²) in [4.78, 5) is 11.5. The van der Waals surface area contributed by atoms with Gasteiger partial charge in [-0.3, -0.25) is 4.68 Å². The second-order valence-corrected chi connectivity index (χ2v) is 6.80. The molecule has 7 nitrogen and oxygen atoms in total. The quantitative estimate of drug-likeness (QED) is 0.471. The van der Waals surface area contributed by atoms with E-state index in [4.69, 9.17) is 4.74 Å². The van der Waals surface area contributed by atoms with Gasteiger partial charge in [0.1, 0.15) is 22.8 Å². The molecule has 0 saturated heterocycles. The van der Waals surface area contributed by atoms with Crippen LogP contribution in [0.15, 0.2) is 28.7 Å². The number of alkyl halides is 4. The molecule has 0 aliphatic rings. The van der Waals surface area contributed by atoms with Gasteiger partial charge in [0.2, 0.25) is 0 Å².